The second-order valence-corrected chi connectivity index (χ2v) is 4.81. The number of hydrogen-bond donors (Lipinski definition) is 2. The number of rotatable bonds is 3. The van der Waals surface area contributed by atoms with E-state index in [1.807, 2.05) is 18.2 Å². The van der Waals surface area contributed by atoms with Gasteiger partial charge in [-0.15, -0.1) is 0 Å². The van der Waals surface area contributed by atoms with Gasteiger partial charge in [0, 0.05) is 17.1 Å². The van der Waals surface area contributed by atoms with Crippen LogP contribution in [0.2, 0.25) is 0 Å². The molecule has 3 rings (SSSR count). The molecule has 6 heteroatoms. The number of pyridine rings is 2. The van der Waals surface area contributed by atoms with E-state index in [-0.39, 0.29) is 5.82 Å². The van der Waals surface area contributed by atoms with Gasteiger partial charge in [0.25, 0.3) is 0 Å². The summed E-state index contributed by atoms with van der Waals surface area (Å²) in [6, 6.07) is 9.17. The fraction of sp³-hybridized carbons (Fsp3) is 0.0625. The van der Waals surface area contributed by atoms with Crippen LogP contribution in [-0.2, 0) is 0 Å². The summed E-state index contributed by atoms with van der Waals surface area (Å²) in [7, 11) is 1.52. The molecule has 0 amide bonds. The Morgan fingerprint density at radius 2 is 1.95 bits per heavy atom. The third-order valence-electron chi connectivity index (χ3n) is 3.41. The van der Waals surface area contributed by atoms with Gasteiger partial charge in [-0.25, -0.2) is 9.97 Å². The highest BCUT2D eigenvalue weighted by Gasteiger charge is 2.07. The minimum Gasteiger partial charge on any atom is -0.480 e. The summed E-state index contributed by atoms with van der Waals surface area (Å²) in [5, 5.41) is 0.822. The fourth-order valence-electron chi connectivity index (χ4n) is 2.28. The smallest absolute Gasteiger partial charge is 0.236 e. The van der Waals surface area contributed by atoms with Gasteiger partial charge in [-0.1, -0.05) is 6.07 Å². The van der Waals surface area contributed by atoms with E-state index in [0.717, 1.165) is 22.0 Å². The fourth-order valence-corrected chi connectivity index (χ4v) is 2.28. The minimum absolute atomic E-state index is 0.227. The molecule has 0 fully saturated rings. The van der Waals surface area contributed by atoms with E-state index in [4.69, 9.17) is 16.2 Å². The van der Waals surface area contributed by atoms with Gasteiger partial charge in [0.1, 0.15) is 5.82 Å². The lowest BCUT2D eigenvalue weighted by Crippen LogP contribution is -1.97. The van der Waals surface area contributed by atoms with E-state index in [0.29, 0.717) is 23.4 Å². The Bertz CT molecular complexity index is 877. The van der Waals surface area contributed by atoms with Crippen molar-refractivity contribution in [3.8, 4) is 17.0 Å². The average Bonchev–Trinajstić information content (AvgIpc) is 2.53. The van der Waals surface area contributed by atoms with Gasteiger partial charge in [-0.3, -0.25) is 4.79 Å². The highest BCUT2D eigenvalue weighted by atomic mass is 16.5. The summed E-state index contributed by atoms with van der Waals surface area (Å²) in [6.07, 6.45) is 2.38. The van der Waals surface area contributed by atoms with Gasteiger partial charge >= 0.3 is 0 Å². The Hall–Kier alpha value is -3.15. The third kappa shape index (κ3) is 2.31. The predicted molar refractivity (Wildman–Crippen MR) is 85.7 cm³/mol. The zero-order valence-corrected chi connectivity index (χ0v) is 11.9. The maximum atomic E-state index is 11.0. The summed E-state index contributed by atoms with van der Waals surface area (Å²) in [6.45, 7) is 0. The molecule has 22 heavy (non-hydrogen) atoms. The highest BCUT2D eigenvalue weighted by molar-refractivity contribution is 5.93. The van der Waals surface area contributed by atoms with Crippen LogP contribution in [0.3, 0.4) is 0 Å². The lowest BCUT2D eigenvalue weighted by molar-refractivity contribution is 0.112. The topological polar surface area (TPSA) is 104 Å². The van der Waals surface area contributed by atoms with Crippen molar-refractivity contribution >= 4 is 28.7 Å². The summed E-state index contributed by atoms with van der Waals surface area (Å²) in [4.78, 5) is 19.4. The second-order valence-electron chi connectivity index (χ2n) is 4.81. The van der Waals surface area contributed by atoms with Gasteiger partial charge < -0.3 is 16.2 Å². The third-order valence-corrected chi connectivity index (χ3v) is 3.41. The van der Waals surface area contributed by atoms with Gasteiger partial charge in [0.2, 0.25) is 5.88 Å². The molecule has 4 N–H and O–H groups in total. The molecule has 0 unspecified atom stereocenters. The van der Waals surface area contributed by atoms with Crippen LogP contribution in [0.4, 0.5) is 11.5 Å². The molecular weight excluding hydrogens is 280 g/mol. The molecule has 0 aliphatic rings. The molecule has 0 bridgehead atoms. The van der Waals surface area contributed by atoms with Crippen molar-refractivity contribution in [2.45, 2.75) is 0 Å². The number of hydrogen-bond acceptors (Lipinski definition) is 6. The van der Waals surface area contributed by atoms with Crippen LogP contribution >= 0.6 is 0 Å². The number of nitrogen functional groups attached to an aromatic ring is 2. The molecule has 2 heterocycles. The van der Waals surface area contributed by atoms with Gasteiger partial charge in [-0.05, 0) is 29.8 Å². The molecule has 0 saturated heterocycles. The largest absolute Gasteiger partial charge is 0.480 e. The molecule has 0 radical (unpaired) electrons. The Kier molecular flexibility index (Phi) is 3.34. The summed E-state index contributed by atoms with van der Waals surface area (Å²) >= 11 is 0. The number of aldehydes is 1. The second kappa shape index (κ2) is 5.33. The van der Waals surface area contributed by atoms with E-state index >= 15 is 0 Å². The monoisotopic (exact) mass is 294 g/mol. The van der Waals surface area contributed by atoms with E-state index in [1.165, 1.54) is 7.11 Å². The lowest BCUT2D eigenvalue weighted by atomic mass is 10.0. The Labute approximate surface area is 126 Å². The number of fused-ring (bicyclic) bond motifs is 1. The summed E-state index contributed by atoms with van der Waals surface area (Å²) in [5.41, 5.74) is 14.9. The van der Waals surface area contributed by atoms with E-state index < -0.39 is 0 Å². The molecule has 0 atom stereocenters. The number of carbonyl (C=O) groups is 1. The number of carbonyl (C=O) groups excluding carboxylic acids is 1. The van der Waals surface area contributed by atoms with Crippen LogP contribution < -0.4 is 16.2 Å². The number of ether oxygens (including phenoxy) is 1. The molecule has 3 aromatic rings. The Morgan fingerprint density at radius 3 is 2.64 bits per heavy atom. The van der Waals surface area contributed by atoms with Crippen molar-refractivity contribution in [2.24, 2.45) is 0 Å². The SMILES string of the molecule is COc1ncc(-c2ccc3nc(N)c(C=O)cc3c2)cc1N. The number of benzene rings is 1. The lowest BCUT2D eigenvalue weighted by Gasteiger charge is -2.08. The first kappa shape index (κ1) is 13.8. The first-order chi connectivity index (χ1) is 10.6. The molecule has 0 saturated carbocycles. The molecule has 6 nitrogen and oxygen atoms in total. The maximum Gasteiger partial charge on any atom is 0.236 e. The summed E-state index contributed by atoms with van der Waals surface area (Å²) in [5.74, 6) is 0.618. The molecule has 0 spiro atoms. The number of nitrogens with two attached hydrogens (primary N) is 2. The van der Waals surface area contributed by atoms with Crippen molar-refractivity contribution in [2.75, 3.05) is 18.6 Å². The molecule has 2 aromatic heterocycles. The molecule has 1 aromatic carbocycles. The van der Waals surface area contributed by atoms with Crippen LogP contribution in [0.1, 0.15) is 10.4 Å². The van der Waals surface area contributed by atoms with Crippen LogP contribution in [0, 0.1) is 0 Å². The van der Waals surface area contributed by atoms with Crippen LogP contribution in [0.5, 0.6) is 5.88 Å². The van der Waals surface area contributed by atoms with E-state index in [1.54, 1.807) is 18.3 Å². The zero-order valence-electron chi connectivity index (χ0n) is 11.9. The first-order valence-corrected chi connectivity index (χ1v) is 6.57. The van der Waals surface area contributed by atoms with Gasteiger partial charge in [-0.2, -0.15) is 0 Å². The number of methoxy groups -OCH3 is 1. The van der Waals surface area contributed by atoms with E-state index in [2.05, 4.69) is 9.97 Å². The summed E-state index contributed by atoms with van der Waals surface area (Å²) < 4.78 is 5.05. The first-order valence-electron chi connectivity index (χ1n) is 6.57. The normalized spacial score (nSPS) is 10.6. The van der Waals surface area contributed by atoms with Gasteiger partial charge in [0.15, 0.2) is 6.29 Å². The van der Waals surface area contributed by atoms with Crippen molar-refractivity contribution in [3.05, 3.63) is 42.1 Å². The average molecular weight is 294 g/mol. The standard InChI is InChI=1S/C16H14N4O2/c1-22-16-13(17)6-11(7-19-16)9-2-3-14-10(4-9)5-12(8-21)15(18)20-14/h2-8H,17H2,1H3,(H2,18,20). The van der Waals surface area contributed by atoms with Crippen molar-refractivity contribution in [3.63, 3.8) is 0 Å². The van der Waals surface area contributed by atoms with Crippen LogP contribution in [-0.4, -0.2) is 23.4 Å². The van der Waals surface area contributed by atoms with Crippen molar-refractivity contribution < 1.29 is 9.53 Å². The number of nitrogens with zero attached hydrogens (tertiary/aromatic N) is 2. The molecule has 0 aliphatic heterocycles. The quantitative estimate of drug-likeness (QED) is 0.718. The van der Waals surface area contributed by atoms with Crippen LogP contribution in [0.15, 0.2) is 36.5 Å². The molecular formula is C16H14N4O2. The maximum absolute atomic E-state index is 11.0. The van der Waals surface area contributed by atoms with E-state index in [9.17, 15) is 4.79 Å². The molecule has 110 valence electrons. The minimum atomic E-state index is 0.227. The predicted octanol–water partition coefficient (Wildman–Crippen LogP) is 2.28. The molecule has 0 aliphatic carbocycles. The van der Waals surface area contributed by atoms with Crippen LogP contribution in [0.25, 0.3) is 22.0 Å². The number of aromatic nitrogens is 2. The Balaban J connectivity index is 2.13. The highest BCUT2D eigenvalue weighted by Crippen LogP contribution is 2.28. The zero-order chi connectivity index (χ0) is 15.7. The van der Waals surface area contributed by atoms with Crippen molar-refractivity contribution in [1.29, 1.82) is 0 Å². The number of anilines is 2. The van der Waals surface area contributed by atoms with Crippen molar-refractivity contribution in [1.82, 2.24) is 9.97 Å². The Morgan fingerprint density at radius 1 is 1.14 bits per heavy atom. The van der Waals surface area contributed by atoms with Gasteiger partial charge in [0.05, 0.1) is 23.9 Å².